The average molecular weight is 271 g/mol. The van der Waals surface area contributed by atoms with Crippen molar-refractivity contribution in [2.75, 3.05) is 7.11 Å². The van der Waals surface area contributed by atoms with Crippen LogP contribution in [0.5, 0.6) is 11.5 Å². The van der Waals surface area contributed by atoms with Crippen LogP contribution in [0.1, 0.15) is 5.56 Å². The fourth-order valence-electron chi connectivity index (χ4n) is 2.17. The summed E-state index contributed by atoms with van der Waals surface area (Å²) >= 11 is 0. The Kier molecular flexibility index (Phi) is 3.29. The molecule has 3 aromatic rings. The van der Waals surface area contributed by atoms with E-state index in [1.54, 1.807) is 25.4 Å². The van der Waals surface area contributed by atoms with Gasteiger partial charge in [0, 0.05) is 28.7 Å². The van der Waals surface area contributed by atoms with E-state index < -0.39 is 0 Å². The molecular weight excluding hydrogens is 257 g/mol. The molecule has 0 spiro atoms. The monoisotopic (exact) mass is 271 g/mol. The van der Waals surface area contributed by atoms with E-state index in [4.69, 9.17) is 9.47 Å². The second-order valence-corrected chi connectivity index (χ2v) is 4.44. The largest absolute Gasteiger partial charge is 0.497 e. The molecule has 1 aromatic heterocycles. The van der Waals surface area contributed by atoms with Crippen molar-refractivity contribution >= 4 is 10.9 Å². The van der Waals surface area contributed by atoms with Crippen LogP contribution in [0.2, 0.25) is 0 Å². The Morgan fingerprint density at radius 3 is 2.75 bits per heavy atom. The van der Waals surface area contributed by atoms with Gasteiger partial charge >= 0.3 is 0 Å². The van der Waals surface area contributed by atoms with Crippen LogP contribution < -0.4 is 9.47 Å². The SMILES string of the molecule is COc1cccc(OCc2c[nH]c3cccc(F)c23)c1. The maximum Gasteiger partial charge on any atom is 0.132 e. The van der Waals surface area contributed by atoms with Crippen LogP contribution in [0.4, 0.5) is 4.39 Å². The lowest BCUT2D eigenvalue weighted by Crippen LogP contribution is -1.95. The van der Waals surface area contributed by atoms with Crippen molar-refractivity contribution in [1.29, 1.82) is 0 Å². The molecule has 0 atom stereocenters. The third kappa shape index (κ3) is 2.32. The first-order valence-electron chi connectivity index (χ1n) is 6.29. The summed E-state index contributed by atoms with van der Waals surface area (Å²) in [6, 6.07) is 12.3. The number of benzene rings is 2. The Morgan fingerprint density at radius 2 is 1.90 bits per heavy atom. The van der Waals surface area contributed by atoms with Gasteiger partial charge in [-0.25, -0.2) is 4.39 Å². The molecular formula is C16H14FNO2. The molecule has 0 unspecified atom stereocenters. The molecule has 3 rings (SSSR count). The van der Waals surface area contributed by atoms with Crippen molar-refractivity contribution < 1.29 is 13.9 Å². The van der Waals surface area contributed by atoms with E-state index in [1.807, 2.05) is 24.3 Å². The van der Waals surface area contributed by atoms with E-state index in [0.717, 1.165) is 16.8 Å². The molecule has 102 valence electrons. The summed E-state index contributed by atoms with van der Waals surface area (Å²) in [5.41, 5.74) is 1.56. The van der Waals surface area contributed by atoms with Gasteiger partial charge in [-0.15, -0.1) is 0 Å². The molecule has 0 fully saturated rings. The van der Waals surface area contributed by atoms with E-state index in [9.17, 15) is 4.39 Å². The summed E-state index contributed by atoms with van der Waals surface area (Å²) in [4.78, 5) is 3.04. The number of fused-ring (bicyclic) bond motifs is 1. The van der Waals surface area contributed by atoms with E-state index in [0.29, 0.717) is 17.7 Å². The van der Waals surface area contributed by atoms with Gasteiger partial charge in [0.05, 0.1) is 7.11 Å². The van der Waals surface area contributed by atoms with E-state index in [2.05, 4.69) is 4.98 Å². The maximum atomic E-state index is 13.8. The molecule has 0 radical (unpaired) electrons. The Hall–Kier alpha value is -2.49. The molecule has 1 heterocycles. The van der Waals surface area contributed by atoms with Crippen LogP contribution in [0.3, 0.4) is 0 Å². The minimum atomic E-state index is -0.243. The number of aromatic amines is 1. The molecule has 0 aliphatic carbocycles. The van der Waals surface area contributed by atoms with E-state index in [-0.39, 0.29) is 5.82 Å². The number of H-pyrrole nitrogens is 1. The number of rotatable bonds is 4. The highest BCUT2D eigenvalue weighted by Crippen LogP contribution is 2.24. The van der Waals surface area contributed by atoms with Crippen molar-refractivity contribution in [2.45, 2.75) is 6.61 Å². The Balaban J connectivity index is 1.83. The van der Waals surface area contributed by atoms with Crippen LogP contribution >= 0.6 is 0 Å². The van der Waals surface area contributed by atoms with Crippen LogP contribution in [0.25, 0.3) is 10.9 Å². The van der Waals surface area contributed by atoms with Crippen molar-refractivity contribution in [3.05, 3.63) is 60.0 Å². The summed E-state index contributed by atoms with van der Waals surface area (Å²) in [6.07, 6.45) is 1.77. The van der Waals surface area contributed by atoms with E-state index in [1.165, 1.54) is 6.07 Å². The molecule has 3 nitrogen and oxygen atoms in total. The van der Waals surface area contributed by atoms with Crippen LogP contribution in [-0.2, 0) is 6.61 Å². The number of hydrogen-bond acceptors (Lipinski definition) is 2. The molecule has 0 saturated carbocycles. The summed E-state index contributed by atoms with van der Waals surface area (Å²) in [5, 5.41) is 0.579. The van der Waals surface area contributed by atoms with Gasteiger partial charge in [-0.3, -0.25) is 0 Å². The quantitative estimate of drug-likeness (QED) is 0.781. The molecule has 0 aliphatic rings. The third-order valence-corrected chi connectivity index (χ3v) is 3.17. The summed E-state index contributed by atoms with van der Waals surface area (Å²) in [5.74, 6) is 1.18. The lowest BCUT2D eigenvalue weighted by atomic mass is 10.2. The Bertz CT molecular complexity index is 736. The van der Waals surface area contributed by atoms with Crippen molar-refractivity contribution in [3.8, 4) is 11.5 Å². The highest BCUT2D eigenvalue weighted by atomic mass is 19.1. The second kappa shape index (κ2) is 5.25. The number of aromatic nitrogens is 1. The molecule has 0 saturated heterocycles. The van der Waals surface area contributed by atoms with Gasteiger partial charge in [0.15, 0.2) is 0 Å². The van der Waals surface area contributed by atoms with Gasteiger partial charge in [-0.05, 0) is 24.3 Å². The van der Waals surface area contributed by atoms with Gasteiger partial charge in [0.25, 0.3) is 0 Å². The predicted octanol–water partition coefficient (Wildman–Crippen LogP) is 3.89. The fourth-order valence-corrected chi connectivity index (χ4v) is 2.17. The number of halogens is 1. The van der Waals surface area contributed by atoms with Gasteiger partial charge in [0.1, 0.15) is 23.9 Å². The number of nitrogens with one attached hydrogen (secondary N) is 1. The highest BCUT2D eigenvalue weighted by Gasteiger charge is 2.09. The molecule has 20 heavy (non-hydrogen) atoms. The smallest absolute Gasteiger partial charge is 0.132 e. The predicted molar refractivity (Wildman–Crippen MR) is 75.6 cm³/mol. The summed E-state index contributed by atoms with van der Waals surface area (Å²) < 4.78 is 24.7. The third-order valence-electron chi connectivity index (χ3n) is 3.17. The molecule has 1 N–H and O–H groups in total. The number of hydrogen-bond donors (Lipinski definition) is 1. The lowest BCUT2D eigenvalue weighted by Gasteiger charge is -2.07. The summed E-state index contributed by atoms with van der Waals surface area (Å²) in [7, 11) is 1.61. The first-order valence-corrected chi connectivity index (χ1v) is 6.29. The Morgan fingerprint density at radius 1 is 1.10 bits per heavy atom. The minimum Gasteiger partial charge on any atom is -0.497 e. The van der Waals surface area contributed by atoms with Crippen LogP contribution in [0.15, 0.2) is 48.7 Å². The van der Waals surface area contributed by atoms with Gasteiger partial charge in [0.2, 0.25) is 0 Å². The Labute approximate surface area is 116 Å². The second-order valence-electron chi connectivity index (χ2n) is 4.44. The van der Waals surface area contributed by atoms with Gasteiger partial charge in [-0.2, -0.15) is 0 Å². The van der Waals surface area contributed by atoms with Crippen LogP contribution in [-0.4, -0.2) is 12.1 Å². The maximum absolute atomic E-state index is 13.8. The highest BCUT2D eigenvalue weighted by molar-refractivity contribution is 5.83. The zero-order valence-electron chi connectivity index (χ0n) is 11.0. The zero-order chi connectivity index (χ0) is 13.9. The van der Waals surface area contributed by atoms with Crippen LogP contribution in [0, 0.1) is 5.82 Å². The first kappa shape index (κ1) is 12.5. The summed E-state index contributed by atoms with van der Waals surface area (Å²) in [6.45, 7) is 0.300. The first-order chi connectivity index (χ1) is 9.78. The number of ether oxygens (including phenoxy) is 2. The number of methoxy groups -OCH3 is 1. The van der Waals surface area contributed by atoms with Gasteiger partial charge in [-0.1, -0.05) is 12.1 Å². The topological polar surface area (TPSA) is 34.2 Å². The van der Waals surface area contributed by atoms with Gasteiger partial charge < -0.3 is 14.5 Å². The molecule has 0 amide bonds. The molecule has 0 aliphatic heterocycles. The van der Waals surface area contributed by atoms with Crippen molar-refractivity contribution in [2.24, 2.45) is 0 Å². The zero-order valence-corrected chi connectivity index (χ0v) is 11.0. The van der Waals surface area contributed by atoms with E-state index >= 15 is 0 Å². The lowest BCUT2D eigenvalue weighted by molar-refractivity contribution is 0.305. The normalized spacial score (nSPS) is 10.7. The molecule has 2 aromatic carbocycles. The molecule has 4 heteroatoms. The fraction of sp³-hybridized carbons (Fsp3) is 0.125. The average Bonchev–Trinajstić information content (AvgIpc) is 2.90. The van der Waals surface area contributed by atoms with Crippen molar-refractivity contribution in [3.63, 3.8) is 0 Å². The standard InChI is InChI=1S/C16H14FNO2/c1-19-12-4-2-5-13(8-12)20-10-11-9-18-15-7-3-6-14(17)16(11)15/h2-9,18H,10H2,1H3. The minimum absolute atomic E-state index is 0.243. The molecule has 0 bridgehead atoms. The van der Waals surface area contributed by atoms with Crippen molar-refractivity contribution in [1.82, 2.24) is 4.98 Å².